The lowest BCUT2D eigenvalue weighted by Crippen LogP contribution is -2.40. The Morgan fingerprint density at radius 2 is 2.19 bits per heavy atom. The number of amides is 3. The van der Waals surface area contributed by atoms with Crippen LogP contribution in [0.1, 0.15) is 19.7 Å². The third kappa shape index (κ3) is 2.20. The van der Waals surface area contributed by atoms with Crippen molar-refractivity contribution in [3.63, 3.8) is 0 Å². The summed E-state index contributed by atoms with van der Waals surface area (Å²) in [6, 6.07) is 1.41. The highest BCUT2D eigenvalue weighted by atomic mass is 32.1. The summed E-state index contributed by atoms with van der Waals surface area (Å²) >= 11 is 1.44. The quantitative estimate of drug-likeness (QED) is 0.439. The van der Waals surface area contributed by atoms with Crippen molar-refractivity contribution in [2.24, 2.45) is 5.84 Å². The Hall–Kier alpha value is -2.26. The number of nitrogen functional groups attached to an aromatic ring is 1. The second kappa shape index (κ2) is 4.64. The maximum Gasteiger partial charge on any atom is 0.325 e. The molecule has 1 aliphatic rings. The second-order valence-corrected chi connectivity index (χ2v) is 6.11. The van der Waals surface area contributed by atoms with Gasteiger partial charge in [0, 0.05) is 0 Å². The maximum absolute atomic E-state index is 12.2. The zero-order chi connectivity index (χ0) is 15.2. The van der Waals surface area contributed by atoms with E-state index in [1.165, 1.54) is 11.3 Å². The fourth-order valence-corrected chi connectivity index (χ4v) is 2.97. The summed E-state index contributed by atoms with van der Waals surface area (Å²) in [5.74, 6) is 5.99. The molecule has 0 atom stereocenters. The molecule has 3 rings (SSSR count). The first kappa shape index (κ1) is 13.7. The molecule has 0 saturated carbocycles. The number of imide groups is 1. The largest absolute Gasteiger partial charge is 0.325 e. The number of hydrazine groups is 1. The molecule has 2 aromatic heterocycles. The van der Waals surface area contributed by atoms with E-state index in [1.54, 1.807) is 13.8 Å². The summed E-state index contributed by atoms with van der Waals surface area (Å²) in [5, 5.41) is 5.30. The van der Waals surface area contributed by atoms with Crippen molar-refractivity contribution in [1.29, 1.82) is 0 Å². The van der Waals surface area contributed by atoms with Crippen LogP contribution < -0.4 is 16.6 Å². The van der Waals surface area contributed by atoms with E-state index >= 15 is 0 Å². The highest BCUT2D eigenvalue weighted by molar-refractivity contribution is 7.16. The number of nitrogens with two attached hydrogens (primary N) is 1. The Bertz CT molecular complexity index is 740. The Balaban J connectivity index is 1.95. The van der Waals surface area contributed by atoms with Crippen LogP contribution in [0.3, 0.4) is 0 Å². The van der Waals surface area contributed by atoms with Crippen LogP contribution in [0, 0.1) is 0 Å². The summed E-state index contributed by atoms with van der Waals surface area (Å²) in [6.07, 6.45) is 0. The van der Waals surface area contributed by atoms with Gasteiger partial charge < -0.3 is 10.7 Å². The lowest BCUT2D eigenvalue weighted by atomic mass is 10.1. The molecule has 3 heterocycles. The second-order valence-electron chi connectivity index (χ2n) is 5.22. The van der Waals surface area contributed by atoms with Crippen LogP contribution in [0.15, 0.2) is 11.4 Å². The molecule has 1 aliphatic heterocycles. The van der Waals surface area contributed by atoms with E-state index in [-0.39, 0.29) is 12.5 Å². The van der Waals surface area contributed by atoms with Crippen molar-refractivity contribution >= 4 is 39.3 Å². The molecule has 0 aliphatic carbocycles. The minimum Gasteiger partial charge on any atom is -0.324 e. The van der Waals surface area contributed by atoms with Gasteiger partial charge in [-0.05, 0) is 25.3 Å². The van der Waals surface area contributed by atoms with Crippen molar-refractivity contribution in [2.45, 2.75) is 25.9 Å². The van der Waals surface area contributed by atoms with Crippen LogP contribution in [0.4, 0.5) is 10.6 Å². The summed E-state index contributed by atoms with van der Waals surface area (Å²) in [5.41, 5.74) is 1.61. The van der Waals surface area contributed by atoms with E-state index in [0.717, 1.165) is 15.1 Å². The number of carbonyl (C=O) groups excluding carboxylic acids is 2. The van der Waals surface area contributed by atoms with Gasteiger partial charge in [-0.15, -0.1) is 11.3 Å². The molecule has 21 heavy (non-hydrogen) atoms. The Morgan fingerprint density at radius 3 is 2.81 bits per heavy atom. The fourth-order valence-electron chi connectivity index (χ4n) is 2.18. The standard InChI is InChI=1S/C12H14N6O2S/c1-12(2)10(19)18(11(20)16-12)5-7-14-8(17-13)6-3-4-21-9(6)15-7/h3-4H,5,13H2,1-2H3,(H,16,20)(H,14,15,17). The lowest BCUT2D eigenvalue weighted by Gasteiger charge is -2.15. The van der Waals surface area contributed by atoms with Crippen LogP contribution in [0.5, 0.6) is 0 Å². The van der Waals surface area contributed by atoms with E-state index in [0.29, 0.717) is 11.6 Å². The van der Waals surface area contributed by atoms with E-state index in [2.05, 4.69) is 20.7 Å². The number of aromatic nitrogens is 2. The average Bonchev–Trinajstić information content (AvgIpc) is 2.96. The van der Waals surface area contributed by atoms with Crippen LogP contribution in [0.2, 0.25) is 0 Å². The zero-order valence-corrected chi connectivity index (χ0v) is 12.3. The van der Waals surface area contributed by atoms with Crippen molar-refractivity contribution in [2.75, 3.05) is 5.43 Å². The number of nitrogens with one attached hydrogen (secondary N) is 2. The topological polar surface area (TPSA) is 113 Å². The molecule has 2 aromatic rings. The average molecular weight is 306 g/mol. The summed E-state index contributed by atoms with van der Waals surface area (Å²) in [6.45, 7) is 3.32. The first-order chi connectivity index (χ1) is 9.92. The molecule has 0 spiro atoms. The molecule has 0 bridgehead atoms. The number of rotatable bonds is 3. The third-order valence-corrected chi connectivity index (χ3v) is 4.06. The van der Waals surface area contributed by atoms with Gasteiger partial charge in [0.15, 0.2) is 11.6 Å². The predicted octanol–water partition coefficient (Wildman–Crippen LogP) is 0.807. The van der Waals surface area contributed by atoms with Crippen molar-refractivity contribution in [3.8, 4) is 0 Å². The summed E-state index contributed by atoms with van der Waals surface area (Å²) in [4.78, 5) is 34.5. The van der Waals surface area contributed by atoms with Crippen molar-refractivity contribution in [1.82, 2.24) is 20.2 Å². The van der Waals surface area contributed by atoms with Gasteiger partial charge >= 0.3 is 6.03 Å². The van der Waals surface area contributed by atoms with Crippen LogP contribution in [-0.4, -0.2) is 32.3 Å². The number of carbonyl (C=O) groups is 2. The first-order valence-electron chi connectivity index (χ1n) is 6.27. The van der Waals surface area contributed by atoms with Gasteiger partial charge in [-0.25, -0.2) is 20.6 Å². The molecule has 8 nitrogen and oxygen atoms in total. The van der Waals surface area contributed by atoms with Gasteiger partial charge in [-0.3, -0.25) is 9.69 Å². The fraction of sp³-hybridized carbons (Fsp3) is 0.333. The van der Waals surface area contributed by atoms with Gasteiger partial charge in [-0.1, -0.05) is 0 Å². The number of thiophene rings is 1. The van der Waals surface area contributed by atoms with E-state index < -0.39 is 11.6 Å². The molecule has 0 unspecified atom stereocenters. The summed E-state index contributed by atoms with van der Waals surface area (Å²) in [7, 11) is 0. The Morgan fingerprint density at radius 1 is 1.43 bits per heavy atom. The minimum absolute atomic E-state index is 0.0105. The van der Waals surface area contributed by atoms with Crippen molar-refractivity contribution < 1.29 is 9.59 Å². The number of fused-ring (bicyclic) bond motifs is 1. The van der Waals surface area contributed by atoms with Gasteiger partial charge in [0.1, 0.15) is 10.4 Å². The Kier molecular flexibility index (Phi) is 3.03. The SMILES string of the molecule is CC1(C)NC(=O)N(Cc2nc(NN)c3ccsc3n2)C1=O. The van der Waals surface area contributed by atoms with Gasteiger partial charge in [0.2, 0.25) is 0 Å². The Labute approximate surface area is 124 Å². The van der Waals surface area contributed by atoms with Crippen LogP contribution in [0.25, 0.3) is 10.2 Å². The van der Waals surface area contributed by atoms with E-state index in [1.807, 2.05) is 11.4 Å². The van der Waals surface area contributed by atoms with E-state index in [4.69, 9.17) is 5.84 Å². The molecule has 1 fully saturated rings. The first-order valence-corrected chi connectivity index (χ1v) is 7.15. The van der Waals surface area contributed by atoms with Crippen LogP contribution >= 0.6 is 11.3 Å². The highest BCUT2D eigenvalue weighted by Gasteiger charge is 2.44. The van der Waals surface area contributed by atoms with Crippen molar-refractivity contribution in [3.05, 3.63) is 17.3 Å². The third-order valence-electron chi connectivity index (χ3n) is 3.25. The molecule has 4 N–H and O–H groups in total. The molecular formula is C12H14N6O2S. The predicted molar refractivity (Wildman–Crippen MR) is 78.4 cm³/mol. The van der Waals surface area contributed by atoms with Gasteiger partial charge in [0.25, 0.3) is 5.91 Å². The zero-order valence-electron chi connectivity index (χ0n) is 11.5. The summed E-state index contributed by atoms with van der Waals surface area (Å²) < 4.78 is 0. The maximum atomic E-state index is 12.2. The number of hydrogen-bond donors (Lipinski definition) is 3. The molecule has 0 radical (unpaired) electrons. The molecule has 110 valence electrons. The smallest absolute Gasteiger partial charge is 0.324 e. The number of nitrogens with zero attached hydrogens (tertiary/aromatic N) is 3. The molecule has 1 saturated heterocycles. The minimum atomic E-state index is -0.904. The molecule has 0 aromatic carbocycles. The number of anilines is 1. The normalized spacial score (nSPS) is 17.4. The van der Waals surface area contributed by atoms with Gasteiger partial charge in [0.05, 0.1) is 11.9 Å². The monoisotopic (exact) mass is 306 g/mol. The lowest BCUT2D eigenvalue weighted by molar-refractivity contribution is -0.130. The van der Waals surface area contributed by atoms with E-state index in [9.17, 15) is 9.59 Å². The number of hydrogen-bond acceptors (Lipinski definition) is 7. The molecule has 3 amide bonds. The molecule has 9 heteroatoms. The van der Waals surface area contributed by atoms with Crippen LogP contribution in [-0.2, 0) is 11.3 Å². The van der Waals surface area contributed by atoms with Gasteiger partial charge in [-0.2, -0.15) is 0 Å². The number of urea groups is 1. The highest BCUT2D eigenvalue weighted by Crippen LogP contribution is 2.25. The molecular weight excluding hydrogens is 292 g/mol.